The van der Waals surface area contributed by atoms with Crippen molar-refractivity contribution >= 4 is 5.69 Å². The summed E-state index contributed by atoms with van der Waals surface area (Å²) < 4.78 is 0. The molecular weight excluding hydrogens is 216 g/mol. The van der Waals surface area contributed by atoms with E-state index < -0.39 is 0 Å². The van der Waals surface area contributed by atoms with Crippen molar-refractivity contribution in [1.29, 1.82) is 0 Å². The fraction of sp³-hybridized carbons (Fsp3) is 0.538. The van der Waals surface area contributed by atoms with Gasteiger partial charge in [0.05, 0.1) is 4.92 Å². The van der Waals surface area contributed by atoms with E-state index in [1.165, 1.54) is 12.8 Å². The Bertz CT molecular complexity index is 349. The molecular formula is C13H20N2O2. The van der Waals surface area contributed by atoms with Crippen molar-refractivity contribution in [3.8, 4) is 0 Å². The zero-order valence-electron chi connectivity index (χ0n) is 10.5. The van der Waals surface area contributed by atoms with Crippen LogP contribution in [-0.2, 0) is 6.42 Å². The molecule has 1 atom stereocenters. The van der Waals surface area contributed by atoms with Gasteiger partial charge in [0.25, 0.3) is 5.69 Å². The molecule has 0 amide bonds. The Labute approximate surface area is 102 Å². The van der Waals surface area contributed by atoms with Gasteiger partial charge in [-0.2, -0.15) is 0 Å². The topological polar surface area (TPSA) is 55.2 Å². The van der Waals surface area contributed by atoms with Crippen molar-refractivity contribution < 1.29 is 4.92 Å². The van der Waals surface area contributed by atoms with Crippen LogP contribution in [-0.4, -0.2) is 17.5 Å². The number of hydrogen-bond donors (Lipinski definition) is 1. The summed E-state index contributed by atoms with van der Waals surface area (Å²) in [5.41, 5.74) is 1.29. The second kappa shape index (κ2) is 7.01. The van der Waals surface area contributed by atoms with Crippen molar-refractivity contribution in [3.63, 3.8) is 0 Å². The minimum absolute atomic E-state index is 0.154. The van der Waals surface area contributed by atoms with E-state index in [2.05, 4.69) is 19.2 Å². The van der Waals surface area contributed by atoms with Gasteiger partial charge in [-0.05, 0) is 31.9 Å². The van der Waals surface area contributed by atoms with Gasteiger partial charge in [-0.25, -0.2) is 0 Å². The third-order valence-corrected chi connectivity index (χ3v) is 2.78. The van der Waals surface area contributed by atoms with Crippen LogP contribution in [0.5, 0.6) is 0 Å². The highest BCUT2D eigenvalue weighted by atomic mass is 16.6. The van der Waals surface area contributed by atoms with Crippen molar-refractivity contribution in [1.82, 2.24) is 5.32 Å². The first kappa shape index (κ1) is 13.6. The van der Waals surface area contributed by atoms with E-state index in [0.29, 0.717) is 6.04 Å². The lowest BCUT2D eigenvalue weighted by Gasteiger charge is -2.12. The molecule has 4 nitrogen and oxygen atoms in total. The van der Waals surface area contributed by atoms with Crippen molar-refractivity contribution in [2.75, 3.05) is 6.54 Å². The summed E-state index contributed by atoms with van der Waals surface area (Å²) in [5, 5.41) is 13.9. The predicted octanol–water partition coefficient (Wildman–Crippen LogP) is 2.92. The Morgan fingerprint density at radius 1 is 1.35 bits per heavy atom. The summed E-state index contributed by atoms with van der Waals surface area (Å²) >= 11 is 0. The fourth-order valence-corrected chi connectivity index (χ4v) is 1.78. The maximum Gasteiger partial charge on any atom is 0.269 e. The zero-order valence-corrected chi connectivity index (χ0v) is 10.5. The molecule has 0 aliphatic heterocycles. The van der Waals surface area contributed by atoms with E-state index in [4.69, 9.17) is 0 Å². The molecule has 1 rings (SSSR count). The van der Waals surface area contributed by atoms with E-state index in [1.54, 1.807) is 12.1 Å². The van der Waals surface area contributed by atoms with E-state index in [0.717, 1.165) is 18.5 Å². The van der Waals surface area contributed by atoms with Gasteiger partial charge < -0.3 is 5.32 Å². The molecule has 0 bridgehead atoms. The summed E-state index contributed by atoms with van der Waals surface area (Å²) in [4.78, 5) is 10.1. The maximum absolute atomic E-state index is 10.5. The number of nitrogens with zero attached hydrogens (tertiary/aromatic N) is 1. The molecule has 94 valence electrons. The van der Waals surface area contributed by atoms with E-state index >= 15 is 0 Å². The van der Waals surface area contributed by atoms with Crippen LogP contribution in [0.4, 0.5) is 5.69 Å². The number of hydrogen-bond acceptors (Lipinski definition) is 3. The number of nitrogens with one attached hydrogen (secondary N) is 1. The molecule has 0 saturated heterocycles. The average molecular weight is 236 g/mol. The van der Waals surface area contributed by atoms with Gasteiger partial charge in [0.2, 0.25) is 0 Å². The fourth-order valence-electron chi connectivity index (χ4n) is 1.78. The number of rotatable bonds is 7. The maximum atomic E-state index is 10.5. The molecule has 0 aliphatic carbocycles. The molecule has 1 unspecified atom stereocenters. The largest absolute Gasteiger partial charge is 0.314 e. The van der Waals surface area contributed by atoms with E-state index in [9.17, 15) is 10.1 Å². The average Bonchev–Trinajstić information content (AvgIpc) is 2.30. The Kier molecular flexibility index (Phi) is 5.63. The first-order valence-electron chi connectivity index (χ1n) is 6.10. The third-order valence-electron chi connectivity index (χ3n) is 2.78. The minimum atomic E-state index is -0.370. The summed E-state index contributed by atoms with van der Waals surface area (Å²) in [6.45, 7) is 5.27. The first-order chi connectivity index (χ1) is 8.13. The minimum Gasteiger partial charge on any atom is -0.314 e. The zero-order chi connectivity index (χ0) is 12.7. The predicted molar refractivity (Wildman–Crippen MR) is 69.2 cm³/mol. The van der Waals surface area contributed by atoms with Crippen LogP contribution < -0.4 is 5.32 Å². The Balaban J connectivity index is 2.34. The standard InChI is InChI=1S/C13H20N2O2/c1-3-4-11(2)14-10-9-12-5-7-13(8-6-12)15(16)17/h5-8,11,14H,3-4,9-10H2,1-2H3. The van der Waals surface area contributed by atoms with Gasteiger partial charge in [0.1, 0.15) is 0 Å². The molecule has 0 spiro atoms. The van der Waals surface area contributed by atoms with E-state index in [-0.39, 0.29) is 10.6 Å². The van der Waals surface area contributed by atoms with Crippen molar-refractivity contribution in [2.45, 2.75) is 39.2 Å². The Morgan fingerprint density at radius 3 is 2.53 bits per heavy atom. The van der Waals surface area contributed by atoms with Crippen LogP contribution in [0.15, 0.2) is 24.3 Å². The lowest BCUT2D eigenvalue weighted by atomic mass is 10.1. The molecule has 1 N–H and O–H groups in total. The number of nitro benzene ring substituents is 1. The monoisotopic (exact) mass is 236 g/mol. The normalized spacial score (nSPS) is 12.4. The van der Waals surface area contributed by atoms with Gasteiger partial charge in [0.15, 0.2) is 0 Å². The van der Waals surface area contributed by atoms with Gasteiger partial charge in [-0.15, -0.1) is 0 Å². The summed E-state index contributed by atoms with van der Waals surface area (Å²) in [6, 6.07) is 7.31. The van der Waals surface area contributed by atoms with Gasteiger partial charge in [-0.3, -0.25) is 10.1 Å². The van der Waals surface area contributed by atoms with Crippen LogP contribution in [0.25, 0.3) is 0 Å². The molecule has 0 heterocycles. The molecule has 0 aliphatic rings. The lowest BCUT2D eigenvalue weighted by molar-refractivity contribution is -0.384. The SMILES string of the molecule is CCCC(C)NCCc1ccc([N+](=O)[O-])cc1. The highest BCUT2D eigenvalue weighted by Gasteiger charge is 2.04. The van der Waals surface area contributed by atoms with Crippen molar-refractivity contribution in [3.05, 3.63) is 39.9 Å². The molecule has 0 aromatic heterocycles. The smallest absolute Gasteiger partial charge is 0.269 e. The summed E-state index contributed by atoms with van der Waals surface area (Å²) in [6.07, 6.45) is 3.28. The highest BCUT2D eigenvalue weighted by Crippen LogP contribution is 2.12. The molecule has 0 saturated carbocycles. The van der Waals surface area contributed by atoms with Crippen LogP contribution >= 0.6 is 0 Å². The molecule has 0 radical (unpaired) electrons. The third kappa shape index (κ3) is 4.95. The molecule has 1 aromatic rings. The van der Waals surface area contributed by atoms with Crippen LogP contribution in [0, 0.1) is 10.1 Å². The van der Waals surface area contributed by atoms with Crippen LogP contribution in [0.3, 0.4) is 0 Å². The van der Waals surface area contributed by atoms with Crippen LogP contribution in [0.2, 0.25) is 0 Å². The molecule has 4 heteroatoms. The molecule has 17 heavy (non-hydrogen) atoms. The van der Waals surface area contributed by atoms with Crippen molar-refractivity contribution in [2.24, 2.45) is 0 Å². The summed E-state index contributed by atoms with van der Waals surface area (Å²) in [7, 11) is 0. The van der Waals surface area contributed by atoms with Gasteiger partial charge in [0, 0.05) is 18.2 Å². The van der Waals surface area contributed by atoms with Gasteiger partial charge in [-0.1, -0.05) is 25.5 Å². The van der Waals surface area contributed by atoms with E-state index in [1.807, 2.05) is 12.1 Å². The quantitative estimate of drug-likeness (QED) is 0.585. The number of nitro groups is 1. The Morgan fingerprint density at radius 2 is 2.00 bits per heavy atom. The molecule has 1 aromatic carbocycles. The van der Waals surface area contributed by atoms with Gasteiger partial charge >= 0.3 is 0 Å². The number of non-ortho nitro benzene ring substituents is 1. The second-order valence-electron chi connectivity index (χ2n) is 4.32. The van der Waals surface area contributed by atoms with Crippen LogP contribution in [0.1, 0.15) is 32.3 Å². The first-order valence-corrected chi connectivity index (χ1v) is 6.10. The Hall–Kier alpha value is -1.42. The molecule has 0 fully saturated rings. The summed E-state index contributed by atoms with van der Waals surface area (Å²) in [5.74, 6) is 0. The second-order valence-corrected chi connectivity index (χ2v) is 4.32. The number of benzene rings is 1. The lowest BCUT2D eigenvalue weighted by Crippen LogP contribution is -2.27. The highest BCUT2D eigenvalue weighted by molar-refractivity contribution is 5.32.